The molecule has 1 aliphatic rings. The van der Waals surface area contributed by atoms with E-state index < -0.39 is 0 Å². The van der Waals surface area contributed by atoms with Gasteiger partial charge in [-0.15, -0.1) is 0 Å². The van der Waals surface area contributed by atoms with Crippen LogP contribution in [0.4, 0.5) is 5.13 Å². The van der Waals surface area contributed by atoms with Crippen molar-refractivity contribution in [3.05, 3.63) is 57.6 Å². The normalized spacial score (nSPS) is 14.8. The average Bonchev–Trinajstić information content (AvgIpc) is 3.15. The summed E-state index contributed by atoms with van der Waals surface area (Å²) in [5.41, 5.74) is 4.81. The Balaban J connectivity index is 1.63. The molecule has 0 bridgehead atoms. The first kappa shape index (κ1) is 22.2. The second-order valence-corrected chi connectivity index (χ2v) is 9.59. The number of hydrogen-bond acceptors (Lipinski definition) is 5. The number of anilines is 1. The quantitative estimate of drug-likeness (QED) is 0.507. The molecule has 2 aromatic carbocycles. The topological polar surface area (TPSA) is 45.7 Å². The van der Waals surface area contributed by atoms with Crippen LogP contribution >= 0.6 is 22.9 Å². The average molecular weight is 458 g/mol. The lowest BCUT2D eigenvalue weighted by Crippen LogP contribution is -2.39. The number of carbonyl (C=O) groups excluding carboxylic acids is 1. The van der Waals surface area contributed by atoms with Crippen molar-refractivity contribution in [1.29, 1.82) is 0 Å². The van der Waals surface area contributed by atoms with Crippen LogP contribution in [0.2, 0.25) is 5.02 Å². The number of nitrogens with zero attached hydrogens (tertiary/aromatic N) is 3. The third-order valence-electron chi connectivity index (χ3n) is 5.69. The van der Waals surface area contributed by atoms with Crippen LogP contribution in [-0.2, 0) is 4.74 Å². The van der Waals surface area contributed by atoms with Gasteiger partial charge >= 0.3 is 0 Å². The van der Waals surface area contributed by atoms with Crippen LogP contribution in [0.3, 0.4) is 0 Å². The lowest BCUT2D eigenvalue weighted by atomic mass is 10.0. The molecule has 3 aromatic rings. The molecule has 0 unspecified atom stereocenters. The van der Waals surface area contributed by atoms with Gasteiger partial charge < -0.3 is 4.74 Å². The van der Waals surface area contributed by atoms with E-state index in [4.69, 9.17) is 21.3 Å². The zero-order valence-electron chi connectivity index (χ0n) is 18.3. The number of hydrogen-bond donors (Lipinski definition) is 0. The molecule has 4 rings (SSSR count). The van der Waals surface area contributed by atoms with Crippen LogP contribution in [-0.4, -0.2) is 55.2 Å². The third kappa shape index (κ3) is 5.09. The van der Waals surface area contributed by atoms with Gasteiger partial charge in [0.1, 0.15) is 0 Å². The Morgan fingerprint density at radius 2 is 1.94 bits per heavy atom. The third-order valence-corrected chi connectivity index (χ3v) is 6.93. The first-order valence-corrected chi connectivity index (χ1v) is 11.9. The summed E-state index contributed by atoms with van der Waals surface area (Å²) in [6, 6.07) is 9.83. The van der Waals surface area contributed by atoms with Gasteiger partial charge in [-0.1, -0.05) is 40.6 Å². The van der Waals surface area contributed by atoms with Crippen LogP contribution in [0.1, 0.15) is 33.5 Å². The smallest absolute Gasteiger partial charge is 0.260 e. The highest BCUT2D eigenvalue weighted by molar-refractivity contribution is 7.22. The van der Waals surface area contributed by atoms with Gasteiger partial charge in [0.05, 0.1) is 23.4 Å². The number of amides is 1. The predicted octanol–water partition coefficient (Wildman–Crippen LogP) is 5.24. The SMILES string of the molecule is Cc1ccc(C(=O)N(CCCN2CCOCC2)c2nc3c(C)cc(Cl)cc3s2)c(C)c1. The Labute approximate surface area is 192 Å². The number of carbonyl (C=O) groups is 1. The lowest BCUT2D eigenvalue weighted by molar-refractivity contribution is 0.0376. The Hall–Kier alpha value is -1.99. The fourth-order valence-corrected chi connectivity index (χ4v) is 5.46. The van der Waals surface area contributed by atoms with E-state index in [1.165, 1.54) is 11.3 Å². The molecule has 5 nitrogen and oxygen atoms in total. The standard InChI is InChI=1S/C24H28ClN3O2S/c1-16-5-6-20(17(2)13-16)23(29)28(8-4-7-27-9-11-30-12-10-27)24-26-22-18(3)14-19(25)15-21(22)31-24/h5-6,13-15H,4,7-12H2,1-3H3. The van der Waals surface area contributed by atoms with Crippen molar-refractivity contribution in [2.75, 3.05) is 44.3 Å². The van der Waals surface area contributed by atoms with Crippen molar-refractivity contribution >= 4 is 44.2 Å². The minimum Gasteiger partial charge on any atom is -0.379 e. The second kappa shape index (κ2) is 9.65. The number of thiazole rings is 1. The molecule has 0 N–H and O–H groups in total. The molecule has 2 heterocycles. The zero-order valence-corrected chi connectivity index (χ0v) is 19.9. The van der Waals surface area contributed by atoms with E-state index in [0.29, 0.717) is 11.6 Å². The second-order valence-electron chi connectivity index (χ2n) is 8.15. The Bertz CT molecular complexity index is 1090. The van der Waals surface area contributed by atoms with Crippen molar-refractivity contribution in [3.8, 4) is 0 Å². The monoisotopic (exact) mass is 457 g/mol. The van der Waals surface area contributed by atoms with E-state index in [9.17, 15) is 4.79 Å². The Morgan fingerprint density at radius 3 is 2.68 bits per heavy atom. The number of halogens is 1. The molecule has 1 saturated heterocycles. The van der Waals surface area contributed by atoms with E-state index in [1.807, 2.05) is 49.9 Å². The summed E-state index contributed by atoms with van der Waals surface area (Å²) in [4.78, 5) is 22.7. The summed E-state index contributed by atoms with van der Waals surface area (Å²) in [5, 5.41) is 1.42. The van der Waals surface area contributed by atoms with E-state index in [0.717, 1.165) is 76.9 Å². The number of rotatable bonds is 6. The van der Waals surface area contributed by atoms with Crippen molar-refractivity contribution in [2.24, 2.45) is 0 Å². The minimum atomic E-state index is 0.00211. The summed E-state index contributed by atoms with van der Waals surface area (Å²) >= 11 is 7.79. The minimum absolute atomic E-state index is 0.00211. The van der Waals surface area contributed by atoms with Crippen LogP contribution in [0, 0.1) is 20.8 Å². The highest BCUT2D eigenvalue weighted by Crippen LogP contribution is 2.34. The molecule has 0 spiro atoms. The fourth-order valence-electron chi connectivity index (χ4n) is 4.02. The molecular formula is C24H28ClN3O2S. The van der Waals surface area contributed by atoms with Gasteiger partial charge in [0, 0.05) is 36.8 Å². The van der Waals surface area contributed by atoms with E-state index in [-0.39, 0.29) is 5.91 Å². The lowest BCUT2D eigenvalue weighted by Gasteiger charge is -2.28. The maximum atomic E-state index is 13.6. The fraction of sp³-hybridized carbons (Fsp3) is 0.417. The number of aromatic nitrogens is 1. The zero-order chi connectivity index (χ0) is 22.0. The molecule has 1 amide bonds. The molecular weight excluding hydrogens is 430 g/mol. The van der Waals surface area contributed by atoms with Crippen molar-refractivity contribution in [3.63, 3.8) is 0 Å². The number of benzene rings is 2. The summed E-state index contributed by atoms with van der Waals surface area (Å²) in [6.45, 7) is 11.1. The van der Waals surface area contributed by atoms with E-state index in [2.05, 4.69) is 11.0 Å². The van der Waals surface area contributed by atoms with Crippen molar-refractivity contribution in [1.82, 2.24) is 9.88 Å². The van der Waals surface area contributed by atoms with Gasteiger partial charge in [-0.2, -0.15) is 0 Å². The molecule has 0 saturated carbocycles. The van der Waals surface area contributed by atoms with Gasteiger partial charge in [-0.3, -0.25) is 14.6 Å². The molecule has 0 aliphatic carbocycles. The number of ether oxygens (including phenoxy) is 1. The van der Waals surface area contributed by atoms with Crippen LogP contribution in [0.15, 0.2) is 30.3 Å². The largest absolute Gasteiger partial charge is 0.379 e. The first-order valence-electron chi connectivity index (χ1n) is 10.7. The van der Waals surface area contributed by atoms with E-state index >= 15 is 0 Å². The molecule has 164 valence electrons. The number of morpholine rings is 1. The van der Waals surface area contributed by atoms with E-state index in [1.54, 1.807) is 0 Å². The summed E-state index contributed by atoms with van der Waals surface area (Å²) in [6.07, 6.45) is 0.881. The van der Waals surface area contributed by atoms with Crippen molar-refractivity contribution in [2.45, 2.75) is 27.2 Å². The molecule has 1 aromatic heterocycles. The molecule has 1 aliphatic heterocycles. The molecule has 1 fully saturated rings. The van der Waals surface area contributed by atoms with Crippen LogP contribution < -0.4 is 4.90 Å². The first-order chi connectivity index (χ1) is 14.9. The summed E-state index contributed by atoms with van der Waals surface area (Å²) < 4.78 is 6.45. The van der Waals surface area contributed by atoms with Crippen LogP contribution in [0.25, 0.3) is 10.2 Å². The van der Waals surface area contributed by atoms with Crippen molar-refractivity contribution < 1.29 is 9.53 Å². The highest BCUT2D eigenvalue weighted by Gasteiger charge is 2.23. The molecule has 31 heavy (non-hydrogen) atoms. The maximum absolute atomic E-state index is 13.6. The molecule has 0 atom stereocenters. The summed E-state index contributed by atoms with van der Waals surface area (Å²) in [5.74, 6) is 0.00211. The Kier molecular flexibility index (Phi) is 6.92. The van der Waals surface area contributed by atoms with Gasteiger partial charge in [0.2, 0.25) is 0 Å². The molecule has 0 radical (unpaired) electrons. The number of aryl methyl sites for hydroxylation is 3. The van der Waals surface area contributed by atoms with Gasteiger partial charge in [-0.25, -0.2) is 4.98 Å². The summed E-state index contributed by atoms with van der Waals surface area (Å²) in [7, 11) is 0. The highest BCUT2D eigenvalue weighted by atomic mass is 35.5. The molecule has 7 heteroatoms. The number of fused-ring (bicyclic) bond motifs is 1. The maximum Gasteiger partial charge on any atom is 0.260 e. The Morgan fingerprint density at radius 1 is 1.16 bits per heavy atom. The van der Waals surface area contributed by atoms with Crippen LogP contribution in [0.5, 0.6) is 0 Å². The predicted molar refractivity (Wildman–Crippen MR) is 129 cm³/mol. The van der Waals surface area contributed by atoms with Gasteiger partial charge in [-0.05, 0) is 56.5 Å². The van der Waals surface area contributed by atoms with Gasteiger partial charge in [0.25, 0.3) is 5.91 Å². The van der Waals surface area contributed by atoms with Gasteiger partial charge in [0.15, 0.2) is 5.13 Å².